The zero-order valence-corrected chi connectivity index (χ0v) is 16.6. The molecule has 0 saturated carbocycles. The molecule has 0 radical (unpaired) electrons. The van der Waals surface area contributed by atoms with Gasteiger partial charge in [-0.15, -0.1) is 0 Å². The number of phenols is 1. The first-order chi connectivity index (χ1) is 11.2. The van der Waals surface area contributed by atoms with Crippen molar-refractivity contribution in [2.45, 2.75) is 65.2 Å². The third-order valence-corrected chi connectivity index (χ3v) is 4.32. The molecule has 1 N–H and O–H groups in total. The van der Waals surface area contributed by atoms with Crippen molar-refractivity contribution in [3.63, 3.8) is 0 Å². The number of carbonyl (C=O) groups excluding carboxylic acids is 2. The fourth-order valence-electron chi connectivity index (χ4n) is 2.77. The Labute approximate surface area is 150 Å². The minimum Gasteiger partial charge on any atom is -0.507 e. The number of hydrogen-bond donors (Lipinski definition) is 1. The lowest BCUT2D eigenvalue weighted by atomic mass is 9.76. The van der Waals surface area contributed by atoms with E-state index in [4.69, 9.17) is 4.74 Å². The summed E-state index contributed by atoms with van der Waals surface area (Å²) in [6.45, 7) is 17.1. The van der Waals surface area contributed by atoms with Crippen LogP contribution in [0.2, 0.25) is 0 Å². The lowest BCUT2D eigenvalue weighted by Gasteiger charge is -2.29. The molecule has 1 atom stereocenters. The van der Waals surface area contributed by atoms with Crippen molar-refractivity contribution in [3.8, 4) is 5.75 Å². The van der Waals surface area contributed by atoms with E-state index in [0.717, 1.165) is 11.1 Å². The maximum atomic E-state index is 12.4. The molecule has 0 amide bonds. The standard InChI is InChI=1S/C21H30O4/c1-12(13(2)22)17(19(24)25-9)14-10-15(20(3,4)5)18(23)16(11-14)21(6,7)8/h10-11,17,23H,1H2,2-9H3/t17-/m1/s1. The van der Waals surface area contributed by atoms with Gasteiger partial charge < -0.3 is 9.84 Å². The van der Waals surface area contributed by atoms with Crippen LogP contribution in [0.1, 0.15) is 71.1 Å². The molecule has 0 fully saturated rings. The highest BCUT2D eigenvalue weighted by molar-refractivity contribution is 6.01. The van der Waals surface area contributed by atoms with E-state index in [2.05, 4.69) is 6.58 Å². The van der Waals surface area contributed by atoms with Crippen LogP contribution in [-0.4, -0.2) is 24.0 Å². The lowest BCUT2D eigenvalue weighted by Crippen LogP contribution is -2.23. The van der Waals surface area contributed by atoms with Gasteiger partial charge in [-0.1, -0.05) is 60.3 Å². The van der Waals surface area contributed by atoms with E-state index in [9.17, 15) is 14.7 Å². The summed E-state index contributed by atoms with van der Waals surface area (Å²) in [7, 11) is 1.29. The van der Waals surface area contributed by atoms with E-state index in [1.165, 1.54) is 14.0 Å². The second kappa shape index (κ2) is 7.03. The first-order valence-corrected chi connectivity index (χ1v) is 8.37. The average Bonchev–Trinajstić information content (AvgIpc) is 2.45. The minimum atomic E-state index is -0.884. The van der Waals surface area contributed by atoms with E-state index >= 15 is 0 Å². The van der Waals surface area contributed by atoms with Crippen molar-refractivity contribution >= 4 is 11.8 Å². The summed E-state index contributed by atoms with van der Waals surface area (Å²) < 4.78 is 4.90. The van der Waals surface area contributed by atoms with Gasteiger partial charge >= 0.3 is 5.97 Å². The number of esters is 1. The van der Waals surface area contributed by atoms with E-state index in [1.54, 1.807) is 12.1 Å². The van der Waals surface area contributed by atoms with Crippen molar-refractivity contribution in [1.29, 1.82) is 0 Å². The predicted octanol–water partition coefficient (Wildman–Crippen LogP) is 4.39. The highest BCUT2D eigenvalue weighted by Crippen LogP contribution is 2.42. The van der Waals surface area contributed by atoms with Gasteiger partial charge in [-0.2, -0.15) is 0 Å². The number of rotatable bonds is 4. The molecule has 0 aliphatic rings. The van der Waals surface area contributed by atoms with E-state index in [0.29, 0.717) is 5.56 Å². The lowest BCUT2D eigenvalue weighted by molar-refractivity contribution is -0.142. The van der Waals surface area contributed by atoms with Gasteiger partial charge in [0, 0.05) is 5.57 Å². The molecule has 0 saturated heterocycles. The quantitative estimate of drug-likeness (QED) is 0.649. The van der Waals surface area contributed by atoms with Crippen molar-refractivity contribution in [1.82, 2.24) is 0 Å². The van der Waals surface area contributed by atoms with Crippen LogP contribution in [0.4, 0.5) is 0 Å². The summed E-state index contributed by atoms with van der Waals surface area (Å²) in [5.41, 5.74) is 1.56. The molecule has 1 aromatic carbocycles. The van der Waals surface area contributed by atoms with Gasteiger partial charge in [0.15, 0.2) is 5.78 Å². The van der Waals surface area contributed by atoms with Gasteiger partial charge in [0.2, 0.25) is 0 Å². The molecule has 1 aromatic rings. The summed E-state index contributed by atoms with van der Waals surface area (Å²) in [5.74, 6) is -1.46. The van der Waals surface area contributed by atoms with Crippen molar-refractivity contribution in [3.05, 3.63) is 41.0 Å². The van der Waals surface area contributed by atoms with Crippen LogP contribution in [-0.2, 0) is 25.2 Å². The zero-order chi connectivity index (χ0) is 19.7. The van der Waals surface area contributed by atoms with E-state index in [1.807, 2.05) is 41.5 Å². The van der Waals surface area contributed by atoms with Gasteiger partial charge in [-0.3, -0.25) is 9.59 Å². The molecule has 0 aliphatic heterocycles. The number of benzene rings is 1. The largest absolute Gasteiger partial charge is 0.507 e. The van der Waals surface area contributed by atoms with Gasteiger partial charge in [0.05, 0.1) is 7.11 Å². The molecular weight excluding hydrogens is 316 g/mol. The van der Waals surface area contributed by atoms with Crippen LogP contribution in [0, 0.1) is 0 Å². The molecule has 0 spiro atoms. The van der Waals surface area contributed by atoms with Crippen LogP contribution < -0.4 is 0 Å². The highest BCUT2D eigenvalue weighted by atomic mass is 16.5. The number of hydrogen-bond acceptors (Lipinski definition) is 4. The number of ether oxygens (including phenoxy) is 1. The van der Waals surface area contributed by atoms with E-state index < -0.39 is 11.9 Å². The van der Waals surface area contributed by atoms with Crippen LogP contribution in [0.25, 0.3) is 0 Å². The van der Waals surface area contributed by atoms with Crippen LogP contribution in [0.5, 0.6) is 5.75 Å². The molecule has 4 heteroatoms. The maximum absolute atomic E-state index is 12.4. The molecule has 0 aromatic heterocycles. The topological polar surface area (TPSA) is 63.6 Å². The van der Waals surface area contributed by atoms with E-state index in [-0.39, 0.29) is 27.9 Å². The Kier molecular flexibility index (Phi) is 5.89. The van der Waals surface area contributed by atoms with Gasteiger partial charge in [-0.05, 0) is 34.4 Å². The number of methoxy groups -OCH3 is 1. The molecular formula is C21H30O4. The number of aromatic hydroxyl groups is 1. The minimum absolute atomic E-state index is 0.178. The predicted molar refractivity (Wildman–Crippen MR) is 100 cm³/mol. The molecule has 0 unspecified atom stereocenters. The van der Waals surface area contributed by atoms with Crippen LogP contribution in [0.15, 0.2) is 24.3 Å². The number of Topliss-reactive ketones (excluding diaryl/α,β-unsaturated/α-hetero) is 1. The molecule has 0 aliphatic carbocycles. The Balaban J connectivity index is 3.81. The second-order valence-electron chi connectivity index (χ2n) is 8.50. The smallest absolute Gasteiger partial charge is 0.317 e. The second-order valence-corrected chi connectivity index (χ2v) is 8.50. The summed E-state index contributed by atoms with van der Waals surface area (Å²) >= 11 is 0. The first kappa shape index (κ1) is 20.9. The third kappa shape index (κ3) is 4.50. The first-order valence-electron chi connectivity index (χ1n) is 8.37. The van der Waals surface area contributed by atoms with Crippen LogP contribution in [0.3, 0.4) is 0 Å². The molecule has 25 heavy (non-hydrogen) atoms. The van der Waals surface area contributed by atoms with Gasteiger partial charge in [0.1, 0.15) is 11.7 Å². The van der Waals surface area contributed by atoms with Crippen molar-refractivity contribution in [2.75, 3.05) is 7.11 Å². The monoisotopic (exact) mass is 346 g/mol. The summed E-state index contributed by atoms with van der Waals surface area (Å²) in [4.78, 5) is 24.2. The summed E-state index contributed by atoms with van der Waals surface area (Å²) in [6.07, 6.45) is 0. The Morgan fingerprint density at radius 1 is 1.04 bits per heavy atom. The number of ketones is 1. The Bertz CT molecular complexity index is 665. The zero-order valence-electron chi connectivity index (χ0n) is 16.6. The molecule has 4 nitrogen and oxygen atoms in total. The Hall–Kier alpha value is -2.10. The average molecular weight is 346 g/mol. The molecule has 1 rings (SSSR count). The molecule has 0 bridgehead atoms. The SMILES string of the molecule is C=C(C(C)=O)[C@@H](C(=O)OC)c1cc(C(C)(C)C)c(O)c(C(C)(C)C)c1. The Morgan fingerprint density at radius 3 is 1.72 bits per heavy atom. The molecule has 138 valence electrons. The normalized spacial score (nSPS) is 13.3. The molecule has 0 heterocycles. The third-order valence-electron chi connectivity index (χ3n) is 4.32. The van der Waals surface area contributed by atoms with Crippen molar-refractivity contribution in [2.24, 2.45) is 0 Å². The highest BCUT2D eigenvalue weighted by Gasteiger charge is 2.32. The fraction of sp³-hybridized carbons (Fsp3) is 0.524. The van der Waals surface area contributed by atoms with Gasteiger partial charge in [-0.25, -0.2) is 0 Å². The maximum Gasteiger partial charge on any atom is 0.317 e. The summed E-state index contributed by atoms with van der Waals surface area (Å²) in [6, 6.07) is 3.56. The van der Waals surface area contributed by atoms with Gasteiger partial charge in [0.25, 0.3) is 0 Å². The summed E-state index contributed by atoms with van der Waals surface area (Å²) in [5, 5.41) is 10.8. The fourth-order valence-corrected chi connectivity index (χ4v) is 2.77. The number of carbonyl (C=O) groups is 2. The number of phenolic OH excluding ortho intramolecular Hbond substituents is 1. The van der Waals surface area contributed by atoms with Crippen molar-refractivity contribution < 1.29 is 19.4 Å². The Morgan fingerprint density at radius 2 is 1.44 bits per heavy atom. The van der Waals surface area contributed by atoms with Crippen LogP contribution >= 0.6 is 0 Å².